The van der Waals surface area contributed by atoms with E-state index in [4.69, 9.17) is 14.2 Å². The number of aromatic nitrogens is 1. The molecule has 1 N–H and O–H groups in total. The van der Waals surface area contributed by atoms with Crippen LogP contribution in [0.25, 0.3) is 11.3 Å². The van der Waals surface area contributed by atoms with Crippen LogP contribution in [-0.4, -0.2) is 26.3 Å². The monoisotopic (exact) mass is 342 g/mol. The summed E-state index contributed by atoms with van der Waals surface area (Å²) in [5.74, 6) is 2.19. The molecule has 3 aromatic rings. The molecule has 2 aromatic carbocycles. The molecule has 1 aromatic heterocycles. The highest BCUT2D eigenvalue weighted by molar-refractivity contribution is 7.14. The SMILES string of the molecule is COc1cccc(Nc2nc(-c3ccc(OC)c(OC)c3)cs2)c1. The van der Waals surface area contributed by atoms with Crippen molar-refractivity contribution in [1.29, 1.82) is 0 Å². The van der Waals surface area contributed by atoms with Gasteiger partial charge in [-0.25, -0.2) is 4.98 Å². The molecule has 0 aliphatic carbocycles. The number of nitrogens with zero attached hydrogens (tertiary/aromatic N) is 1. The molecule has 0 saturated heterocycles. The van der Waals surface area contributed by atoms with Gasteiger partial charge in [0.25, 0.3) is 0 Å². The van der Waals surface area contributed by atoms with E-state index in [1.54, 1.807) is 32.7 Å². The Morgan fingerprint density at radius 1 is 0.917 bits per heavy atom. The third-order valence-electron chi connectivity index (χ3n) is 3.50. The van der Waals surface area contributed by atoms with E-state index in [0.717, 1.165) is 27.8 Å². The Bertz CT molecular complexity index is 833. The number of benzene rings is 2. The molecule has 0 radical (unpaired) electrons. The van der Waals surface area contributed by atoms with E-state index in [9.17, 15) is 0 Å². The van der Waals surface area contributed by atoms with Gasteiger partial charge in [0.1, 0.15) is 5.75 Å². The van der Waals surface area contributed by atoms with Gasteiger partial charge in [-0.1, -0.05) is 6.07 Å². The first kappa shape index (κ1) is 16.1. The third kappa shape index (κ3) is 3.44. The predicted molar refractivity (Wildman–Crippen MR) is 96.9 cm³/mol. The first-order valence-corrected chi connectivity index (χ1v) is 8.20. The first-order chi connectivity index (χ1) is 11.7. The normalized spacial score (nSPS) is 10.3. The van der Waals surface area contributed by atoms with Crippen molar-refractivity contribution < 1.29 is 14.2 Å². The van der Waals surface area contributed by atoms with Crippen LogP contribution >= 0.6 is 11.3 Å². The smallest absolute Gasteiger partial charge is 0.187 e. The van der Waals surface area contributed by atoms with Crippen molar-refractivity contribution in [3.05, 3.63) is 47.8 Å². The van der Waals surface area contributed by atoms with Gasteiger partial charge in [0, 0.05) is 22.7 Å². The lowest BCUT2D eigenvalue weighted by molar-refractivity contribution is 0.355. The van der Waals surface area contributed by atoms with E-state index in [1.165, 1.54) is 0 Å². The molecule has 124 valence electrons. The van der Waals surface area contributed by atoms with Gasteiger partial charge in [-0.15, -0.1) is 11.3 Å². The maximum Gasteiger partial charge on any atom is 0.187 e. The number of hydrogen-bond acceptors (Lipinski definition) is 6. The number of nitrogens with one attached hydrogen (secondary N) is 1. The molecule has 0 aliphatic rings. The Kier molecular flexibility index (Phi) is 4.86. The predicted octanol–water partition coefficient (Wildman–Crippen LogP) is 4.58. The molecule has 6 heteroatoms. The second kappa shape index (κ2) is 7.23. The van der Waals surface area contributed by atoms with Crippen molar-refractivity contribution in [2.75, 3.05) is 26.6 Å². The molecule has 1 heterocycles. The first-order valence-electron chi connectivity index (χ1n) is 7.32. The van der Waals surface area contributed by atoms with E-state index in [0.29, 0.717) is 11.5 Å². The van der Waals surface area contributed by atoms with Crippen LogP contribution in [-0.2, 0) is 0 Å². The topological polar surface area (TPSA) is 52.6 Å². The summed E-state index contributed by atoms with van der Waals surface area (Å²) >= 11 is 1.54. The van der Waals surface area contributed by atoms with Crippen molar-refractivity contribution in [2.45, 2.75) is 0 Å². The van der Waals surface area contributed by atoms with E-state index in [2.05, 4.69) is 10.3 Å². The summed E-state index contributed by atoms with van der Waals surface area (Å²) in [6.07, 6.45) is 0. The zero-order valence-electron chi connectivity index (χ0n) is 13.7. The minimum absolute atomic E-state index is 0.685. The van der Waals surface area contributed by atoms with Crippen LogP contribution in [0.5, 0.6) is 17.2 Å². The summed E-state index contributed by atoms with van der Waals surface area (Å²) in [7, 11) is 4.90. The van der Waals surface area contributed by atoms with Crippen molar-refractivity contribution in [2.24, 2.45) is 0 Å². The average molecular weight is 342 g/mol. The Hall–Kier alpha value is -2.73. The van der Waals surface area contributed by atoms with Crippen molar-refractivity contribution >= 4 is 22.2 Å². The molecule has 0 bridgehead atoms. The van der Waals surface area contributed by atoms with E-state index >= 15 is 0 Å². The van der Waals surface area contributed by atoms with Crippen LogP contribution < -0.4 is 19.5 Å². The summed E-state index contributed by atoms with van der Waals surface area (Å²) in [5.41, 5.74) is 2.79. The van der Waals surface area contributed by atoms with Crippen molar-refractivity contribution in [3.63, 3.8) is 0 Å². The van der Waals surface area contributed by atoms with Gasteiger partial charge in [0.05, 0.1) is 27.0 Å². The van der Waals surface area contributed by atoms with Gasteiger partial charge in [0.2, 0.25) is 0 Å². The quantitative estimate of drug-likeness (QED) is 0.710. The van der Waals surface area contributed by atoms with Crippen LogP contribution in [0, 0.1) is 0 Å². The molecule has 24 heavy (non-hydrogen) atoms. The lowest BCUT2D eigenvalue weighted by Crippen LogP contribution is -1.92. The largest absolute Gasteiger partial charge is 0.497 e. The Balaban J connectivity index is 1.82. The fraction of sp³-hybridized carbons (Fsp3) is 0.167. The fourth-order valence-electron chi connectivity index (χ4n) is 2.28. The Labute approximate surface area is 144 Å². The summed E-state index contributed by atoms with van der Waals surface area (Å²) in [6, 6.07) is 13.5. The highest BCUT2D eigenvalue weighted by atomic mass is 32.1. The van der Waals surface area contributed by atoms with Crippen LogP contribution in [0.2, 0.25) is 0 Å². The minimum Gasteiger partial charge on any atom is -0.497 e. The molecule has 0 amide bonds. The number of ether oxygens (including phenoxy) is 3. The number of thiazole rings is 1. The van der Waals surface area contributed by atoms with Crippen LogP contribution in [0.15, 0.2) is 47.8 Å². The number of rotatable bonds is 6. The maximum atomic E-state index is 5.35. The summed E-state index contributed by atoms with van der Waals surface area (Å²) in [5, 5.41) is 6.11. The highest BCUT2D eigenvalue weighted by Crippen LogP contribution is 2.34. The molecule has 0 spiro atoms. The second-order valence-electron chi connectivity index (χ2n) is 4.96. The Morgan fingerprint density at radius 2 is 1.75 bits per heavy atom. The lowest BCUT2D eigenvalue weighted by Gasteiger charge is -2.08. The van der Waals surface area contributed by atoms with E-state index < -0.39 is 0 Å². The second-order valence-corrected chi connectivity index (χ2v) is 5.82. The average Bonchev–Trinajstić information content (AvgIpc) is 3.09. The van der Waals surface area contributed by atoms with Crippen LogP contribution in [0.4, 0.5) is 10.8 Å². The summed E-state index contributed by atoms with van der Waals surface area (Å²) < 4.78 is 15.8. The Morgan fingerprint density at radius 3 is 2.50 bits per heavy atom. The fourth-order valence-corrected chi connectivity index (χ4v) is 3.02. The van der Waals surface area contributed by atoms with Gasteiger partial charge in [-0.05, 0) is 30.3 Å². The number of hydrogen-bond donors (Lipinski definition) is 1. The summed E-state index contributed by atoms with van der Waals surface area (Å²) in [6.45, 7) is 0. The molecule has 0 unspecified atom stereocenters. The standard InChI is InChI=1S/C18H18N2O3S/c1-21-14-6-4-5-13(10-14)19-18-20-15(11-24-18)12-7-8-16(22-2)17(9-12)23-3/h4-11H,1-3H3,(H,19,20). The lowest BCUT2D eigenvalue weighted by atomic mass is 10.1. The maximum absolute atomic E-state index is 5.35. The minimum atomic E-state index is 0.685. The molecular weight excluding hydrogens is 324 g/mol. The third-order valence-corrected chi connectivity index (χ3v) is 4.26. The van der Waals surface area contributed by atoms with Crippen LogP contribution in [0.3, 0.4) is 0 Å². The van der Waals surface area contributed by atoms with Gasteiger partial charge in [-0.3, -0.25) is 0 Å². The molecular formula is C18H18N2O3S. The van der Waals surface area contributed by atoms with Gasteiger partial charge < -0.3 is 19.5 Å². The molecule has 3 rings (SSSR count). The van der Waals surface area contributed by atoms with Crippen LogP contribution in [0.1, 0.15) is 0 Å². The zero-order chi connectivity index (χ0) is 16.9. The summed E-state index contributed by atoms with van der Waals surface area (Å²) in [4.78, 5) is 4.63. The van der Waals surface area contributed by atoms with Gasteiger partial charge >= 0.3 is 0 Å². The number of anilines is 2. The number of methoxy groups -OCH3 is 3. The van der Waals surface area contributed by atoms with E-state index in [1.807, 2.05) is 47.8 Å². The molecule has 0 aliphatic heterocycles. The highest BCUT2D eigenvalue weighted by Gasteiger charge is 2.09. The molecule has 0 fully saturated rings. The van der Waals surface area contributed by atoms with Crippen molar-refractivity contribution in [3.8, 4) is 28.5 Å². The molecule has 0 saturated carbocycles. The van der Waals surface area contributed by atoms with Crippen molar-refractivity contribution in [1.82, 2.24) is 4.98 Å². The van der Waals surface area contributed by atoms with E-state index in [-0.39, 0.29) is 0 Å². The zero-order valence-corrected chi connectivity index (χ0v) is 14.5. The molecule has 5 nitrogen and oxygen atoms in total. The molecule has 0 atom stereocenters. The van der Waals surface area contributed by atoms with Gasteiger partial charge in [-0.2, -0.15) is 0 Å². The van der Waals surface area contributed by atoms with Gasteiger partial charge in [0.15, 0.2) is 16.6 Å².